The summed E-state index contributed by atoms with van der Waals surface area (Å²) < 4.78 is 37.3. The summed E-state index contributed by atoms with van der Waals surface area (Å²) in [5, 5.41) is 10.1. The summed E-state index contributed by atoms with van der Waals surface area (Å²) in [4.78, 5) is 62.7. The summed E-state index contributed by atoms with van der Waals surface area (Å²) in [6, 6.07) is 2.13. The number of hydrogen-bond acceptors (Lipinski definition) is 5. The zero-order valence-electron chi connectivity index (χ0n) is 19.3. The van der Waals surface area contributed by atoms with Gasteiger partial charge >= 0.3 is 6.18 Å². The lowest BCUT2D eigenvalue weighted by Crippen LogP contribution is -2.49. The van der Waals surface area contributed by atoms with Gasteiger partial charge in [0.2, 0.25) is 17.6 Å². The van der Waals surface area contributed by atoms with Crippen molar-refractivity contribution >= 4 is 46.7 Å². The number of halogens is 4. The van der Waals surface area contributed by atoms with E-state index in [2.05, 4.69) is 21.3 Å². The van der Waals surface area contributed by atoms with E-state index in [4.69, 9.17) is 11.6 Å². The second-order valence-corrected chi connectivity index (χ2v) is 9.51. The second kappa shape index (κ2) is 11.3. The van der Waals surface area contributed by atoms with Gasteiger partial charge in [0.1, 0.15) is 0 Å². The maximum absolute atomic E-state index is 13.1. The van der Waals surface area contributed by atoms with Crippen molar-refractivity contribution in [2.24, 2.45) is 5.92 Å². The molecule has 4 N–H and O–H groups in total. The van der Waals surface area contributed by atoms with Gasteiger partial charge in [0.05, 0.1) is 23.7 Å². The molecule has 196 valence electrons. The first-order valence-corrected chi connectivity index (χ1v) is 11.8. The minimum absolute atomic E-state index is 0.0896. The van der Waals surface area contributed by atoms with Crippen LogP contribution in [-0.2, 0) is 19.2 Å². The Bertz CT molecular complexity index is 1060. The molecule has 0 radical (unpaired) electrons. The van der Waals surface area contributed by atoms with Crippen LogP contribution in [0.1, 0.15) is 55.8 Å². The van der Waals surface area contributed by atoms with Crippen molar-refractivity contribution in [2.45, 2.75) is 69.8 Å². The quantitative estimate of drug-likeness (QED) is 0.345. The second-order valence-electron chi connectivity index (χ2n) is 9.07. The molecule has 1 aromatic carbocycles. The maximum Gasteiger partial charge on any atom is 0.389 e. The fraction of sp³-hybridized carbons (Fsp3) is 0.522. The Morgan fingerprint density at radius 2 is 1.89 bits per heavy atom. The number of ketones is 1. The fourth-order valence-electron chi connectivity index (χ4n) is 3.83. The predicted molar refractivity (Wildman–Crippen MR) is 123 cm³/mol. The molecule has 1 aliphatic heterocycles. The highest BCUT2D eigenvalue weighted by atomic mass is 35.5. The molecule has 3 rings (SSSR count). The molecule has 1 aromatic rings. The lowest BCUT2D eigenvalue weighted by atomic mass is 9.93. The molecule has 4 amide bonds. The molecule has 0 bridgehead atoms. The Balaban J connectivity index is 1.78. The van der Waals surface area contributed by atoms with Crippen LogP contribution >= 0.6 is 11.6 Å². The lowest BCUT2D eigenvalue weighted by Gasteiger charge is -2.21. The van der Waals surface area contributed by atoms with Gasteiger partial charge in [-0.3, -0.25) is 24.0 Å². The SMILES string of the molecule is C[C@@H]1C[C@@H](CC(NC(=O)c2cc(Cl)ccc2NC(=O)CCC(F)(F)F)C(=O)C(=O)NC2CC2)C(=O)N1. The van der Waals surface area contributed by atoms with Crippen LogP contribution in [0.2, 0.25) is 5.02 Å². The van der Waals surface area contributed by atoms with Crippen LogP contribution in [0.3, 0.4) is 0 Å². The van der Waals surface area contributed by atoms with E-state index < -0.39 is 54.5 Å². The summed E-state index contributed by atoms with van der Waals surface area (Å²) in [5.41, 5.74) is -0.336. The van der Waals surface area contributed by atoms with Gasteiger partial charge in [0.25, 0.3) is 11.8 Å². The molecule has 1 unspecified atom stereocenters. The Hall–Kier alpha value is -3.15. The van der Waals surface area contributed by atoms with Crippen molar-refractivity contribution < 1.29 is 37.1 Å². The first-order chi connectivity index (χ1) is 16.8. The average molecular weight is 531 g/mol. The molecule has 1 saturated carbocycles. The molecule has 13 heteroatoms. The van der Waals surface area contributed by atoms with Gasteiger partial charge in [0.15, 0.2) is 0 Å². The molecule has 1 aliphatic carbocycles. The maximum atomic E-state index is 13.1. The molecule has 9 nitrogen and oxygen atoms in total. The van der Waals surface area contributed by atoms with E-state index in [0.717, 1.165) is 12.8 Å². The molecule has 0 spiro atoms. The van der Waals surface area contributed by atoms with Crippen LogP contribution in [0.5, 0.6) is 0 Å². The van der Waals surface area contributed by atoms with Gasteiger partial charge in [-0.05, 0) is 50.8 Å². The summed E-state index contributed by atoms with van der Waals surface area (Å²) in [5.74, 6) is -4.62. The number of anilines is 1. The number of alkyl halides is 3. The van der Waals surface area contributed by atoms with Crippen molar-refractivity contribution in [3.8, 4) is 0 Å². The number of rotatable bonds is 10. The minimum Gasteiger partial charge on any atom is -0.353 e. The van der Waals surface area contributed by atoms with Crippen LogP contribution in [0, 0.1) is 5.92 Å². The highest BCUT2D eigenvalue weighted by molar-refractivity contribution is 6.38. The van der Waals surface area contributed by atoms with Crippen LogP contribution in [0.4, 0.5) is 18.9 Å². The molecule has 36 heavy (non-hydrogen) atoms. The Morgan fingerprint density at radius 3 is 2.47 bits per heavy atom. The van der Waals surface area contributed by atoms with Crippen LogP contribution in [-0.4, -0.2) is 53.7 Å². The first kappa shape index (κ1) is 27.4. The third-order valence-electron chi connectivity index (χ3n) is 5.81. The topological polar surface area (TPSA) is 133 Å². The van der Waals surface area contributed by atoms with Crippen molar-refractivity contribution in [1.82, 2.24) is 16.0 Å². The molecule has 1 saturated heterocycles. The number of carbonyl (C=O) groups excluding carboxylic acids is 5. The standard InChI is InChI=1S/C23H26ClF3N4O5/c1-11-8-12(20(34)28-11)9-17(19(33)22(36)29-14-3-4-14)31-21(35)15-10-13(24)2-5-16(15)30-18(32)6-7-23(25,26)27/h2,5,10-12,14,17H,3-4,6-9H2,1H3,(H,28,34)(H,29,36)(H,30,32)(H,31,35)/t11-,12+,17?/m1/s1. The van der Waals surface area contributed by atoms with E-state index in [9.17, 15) is 37.1 Å². The highest BCUT2D eigenvalue weighted by Crippen LogP contribution is 2.26. The zero-order chi connectivity index (χ0) is 26.6. The molecule has 3 atom stereocenters. The average Bonchev–Trinajstić information content (AvgIpc) is 3.54. The largest absolute Gasteiger partial charge is 0.389 e. The highest BCUT2D eigenvalue weighted by Gasteiger charge is 2.38. The molecule has 0 aromatic heterocycles. The van der Waals surface area contributed by atoms with Crippen LogP contribution in [0.15, 0.2) is 18.2 Å². The van der Waals surface area contributed by atoms with Crippen molar-refractivity contribution in [3.05, 3.63) is 28.8 Å². The molecule has 2 fully saturated rings. The predicted octanol–water partition coefficient (Wildman–Crippen LogP) is 2.48. The van der Waals surface area contributed by atoms with E-state index in [1.54, 1.807) is 6.92 Å². The van der Waals surface area contributed by atoms with E-state index in [0.29, 0.717) is 6.42 Å². The van der Waals surface area contributed by atoms with Crippen molar-refractivity contribution in [3.63, 3.8) is 0 Å². The van der Waals surface area contributed by atoms with Crippen molar-refractivity contribution in [1.29, 1.82) is 0 Å². The van der Waals surface area contributed by atoms with E-state index in [1.165, 1.54) is 18.2 Å². The Kier molecular flexibility index (Phi) is 8.59. The molecule has 1 heterocycles. The number of nitrogens with one attached hydrogen (secondary N) is 4. The summed E-state index contributed by atoms with van der Waals surface area (Å²) in [6.07, 6.45) is -4.99. The van der Waals surface area contributed by atoms with Crippen LogP contribution < -0.4 is 21.3 Å². The third-order valence-corrected chi connectivity index (χ3v) is 6.05. The van der Waals surface area contributed by atoms with Gasteiger partial charge < -0.3 is 21.3 Å². The monoisotopic (exact) mass is 530 g/mol. The van der Waals surface area contributed by atoms with E-state index in [-0.39, 0.29) is 40.7 Å². The Morgan fingerprint density at radius 1 is 1.19 bits per heavy atom. The third kappa shape index (κ3) is 7.94. The summed E-state index contributed by atoms with van der Waals surface area (Å²) in [6.45, 7) is 1.78. The summed E-state index contributed by atoms with van der Waals surface area (Å²) in [7, 11) is 0. The molecular weight excluding hydrogens is 505 g/mol. The molecule has 2 aliphatic rings. The first-order valence-electron chi connectivity index (χ1n) is 11.4. The van der Waals surface area contributed by atoms with Gasteiger partial charge in [-0.15, -0.1) is 0 Å². The van der Waals surface area contributed by atoms with E-state index in [1.807, 2.05) is 0 Å². The van der Waals surface area contributed by atoms with Gasteiger partial charge in [-0.1, -0.05) is 11.6 Å². The number of carbonyl (C=O) groups is 5. The fourth-order valence-corrected chi connectivity index (χ4v) is 4.00. The number of amides is 4. The minimum atomic E-state index is -4.53. The number of Topliss-reactive ketones (excluding diaryl/α,β-unsaturated/α-hetero) is 1. The zero-order valence-corrected chi connectivity index (χ0v) is 20.1. The van der Waals surface area contributed by atoms with Crippen LogP contribution in [0.25, 0.3) is 0 Å². The number of benzene rings is 1. The van der Waals surface area contributed by atoms with Gasteiger partial charge in [-0.2, -0.15) is 13.2 Å². The summed E-state index contributed by atoms with van der Waals surface area (Å²) >= 11 is 5.98. The molecular formula is C23H26ClF3N4O5. The normalized spacial score (nSPS) is 20.3. The smallest absolute Gasteiger partial charge is 0.353 e. The Labute approximate surface area is 209 Å². The van der Waals surface area contributed by atoms with Gasteiger partial charge in [0, 0.05) is 29.4 Å². The van der Waals surface area contributed by atoms with E-state index >= 15 is 0 Å². The number of hydrogen-bond donors (Lipinski definition) is 4. The van der Waals surface area contributed by atoms with Gasteiger partial charge in [-0.25, -0.2) is 0 Å². The van der Waals surface area contributed by atoms with Crippen molar-refractivity contribution in [2.75, 3.05) is 5.32 Å². The lowest BCUT2D eigenvalue weighted by molar-refractivity contribution is -0.142.